The van der Waals surface area contributed by atoms with Gasteiger partial charge in [-0.3, -0.25) is 9.59 Å². The number of imidazole rings is 2. The Balaban J connectivity index is 0.977. The molecule has 2 aromatic carbocycles. The lowest BCUT2D eigenvalue weighted by atomic mass is 9.96. The van der Waals surface area contributed by atoms with E-state index < -0.39 is 29.9 Å². The Labute approximate surface area is 331 Å². The van der Waals surface area contributed by atoms with Gasteiger partial charge in [0, 0.05) is 30.0 Å². The minimum Gasteiger partial charge on any atom is -0.453 e. The molecule has 0 radical (unpaired) electrons. The molecular formula is C43H50N8O6. The second-order valence-electron chi connectivity index (χ2n) is 17.1. The number of amides is 4. The van der Waals surface area contributed by atoms with Crippen molar-refractivity contribution < 1.29 is 28.7 Å². The van der Waals surface area contributed by atoms with Gasteiger partial charge >= 0.3 is 12.2 Å². The van der Waals surface area contributed by atoms with Crippen molar-refractivity contribution in [3.8, 4) is 23.1 Å². The molecule has 1 saturated carbocycles. The van der Waals surface area contributed by atoms with Crippen LogP contribution in [0.2, 0.25) is 0 Å². The number of hydrogen-bond acceptors (Lipinski definition) is 8. The maximum Gasteiger partial charge on any atom is 0.407 e. The number of ether oxygens (including phenoxy) is 2. The molecule has 4 aromatic rings. The summed E-state index contributed by atoms with van der Waals surface area (Å²) in [6.07, 6.45) is 4.12. The fourth-order valence-electron chi connectivity index (χ4n) is 8.42. The number of methoxy groups -OCH3 is 1. The number of nitrogens with zero attached hydrogens (tertiary/aromatic N) is 4. The van der Waals surface area contributed by atoms with Gasteiger partial charge in [0.2, 0.25) is 11.8 Å². The number of carbonyl (C=O) groups is 4. The Hall–Kier alpha value is -5.84. The summed E-state index contributed by atoms with van der Waals surface area (Å²) in [6.45, 7) is 11.2. The fourth-order valence-corrected chi connectivity index (χ4v) is 8.42. The Morgan fingerprint density at radius 2 is 1.60 bits per heavy atom. The second-order valence-corrected chi connectivity index (χ2v) is 17.1. The van der Waals surface area contributed by atoms with E-state index in [-0.39, 0.29) is 54.1 Å². The molecule has 2 aromatic heterocycles. The summed E-state index contributed by atoms with van der Waals surface area (Å²) in [5.41, 5.74) is 4.42. The number of fused-ring (bicyclic) bond motifs is 1. The number of carbonyl (C=O) groups excluding carboxylic acids is 4. The number of alkyl carbamates (subject to hydrolysis) is 2. The fraction of sp³-hybridized carbons (Fsp3) is 0.488. The van der Waals surface area contributed by atoms with Crippen LogP contribution in [0.5, 0.6) is 0 Å². The SMILES string of the molecule is COC(=O)N[C@H](C(=O)N1C[C@]2(CNC(=O)O2)C[C@H]1c1ncc(-c2ccc(C#Cc3ccc4nc([C@@H]5CC6(CC6)CN5C(=O)[C@@H](C)C(C)C)[nH]c4c3)cc2)[nH]1)C(C)C. The lowest BCUT2D eigenvalue weighted by molar-refractivity contribution is -0.137. The lowest BCUT2D eigenvalue weighted by Crippen LogP contribution is -2.52. The Kier molecular flexibility index (Phi) is 9.74. The third kappa shape index (κ3) is 7.43. The number of aromatic nitrogens is 4. The molecule has 8 rings (SSSR count). The van der Waals surface area contributed by atoms with Crippen LogP contribution in [0.1, 0.15) is 95.2 Å². The van der Waals surface area contributed by atoms with Crippen molar-refractivity contribution in [2.45, 2.75) is 84.0 Å². The summed E-state index contributed by atoms with van der Waals surface area (Å²) in [5, 5.41) is 5.38. The van der Waals surface area contributed by atoms with E-state index in [1.807, 2.05) is 63.2 Å². The van der Waals surface area contributed by atoms with E-state index in [2.05, 4.69) is 56.2 Å². The number of nitrogens with one attached hydrogen (secondary N) is 4. The molecule has 0 bridgehead atoms. The maximum atomic E-state index is 14.0. The molecule has 14 heteroatoms. The molecule has 4 aliphatic rings. The van der Waals surface area contributed by atoms with Gasteiger partial charge in [-0.2, -0.15) is 0 Å². The largest absolute Gasteiger partial charge is 0.453 e. The zero-order chi connectivity index (χ0) is 40.2. The monoisotopic (exact) mass is 774 g/mol. The summed E-state index contributed by atoms with van der Waals surface area (Å²) < 4.78 is 10.5. The van der Waals surface area contributed by atoms with Gasteiger partial charge in [-0.25, -0.2) is 19.6 Å². The number of H-pyrrole nitrogens is 2. The zero-order valence-electron chi connectivity index (χ0n) is 33.3. The van der Waals surface area contributed by atoms with Crippen LogP contribution in [0.3, 0.4) is 0 Å². The van der Waals surface area contributed by atoms with E-state index >= 15 is 0 Å². The lowest BCUT2D eigenvalue weighted by Gasteiger charge is -2.30. The van der Waals surface area contributed by atoms with Crippen LogP contribution in [0.4, 0.5) is 9.59 Å². The van der Waals surface area contributed by atoms with E-state index in [4.69, 9.17) is 14.5 Å². The summed E-state index contributed by atoms with van der Waals surface area (Å²) in [7, 11) is 1.25. The normalized spacial score (nSPS) is 23.1. The van der Waals surface area contributed by atoms with Crippen molar-refractivity contribution in [3.05, 3.63) is 71.4 Å². The topological polar surface area (TPSA) is 175 Å². The molecule has 4 N–H and O–H groups in total. The Morgan fingerprint density at radius 1 is 0.895 bits per heavy atom. The molecule has 5 atom stereocenters. The molecule has 298 valence electrons. The van der Waals surface area contributed by atoms with Crippen molar-refractivity contribution in [2.24, 2.45) is 23.2 Å². The van der Waals surface area contributed by atoms with Gasteiger partial charge in [-0.15, -0.1) is 0 Å². The standard InChI is InChI=1S/C43H50N8O6/c1-24(2)26(5)38(52)50-22-42(15-16-42)18-33(50)37-46-30-14-11-28(17-31(30)47-37)8-7-27-9-12-29(13-10-27)32-20-44-36(48-32)34-19-43(21-45-40(54)57-43)23-51(34)39(53)35(25(3)4)49-41(55)56-6/h9-14,17,20,24-26,33-35H,15-16,18-19,21-23H2,1-6H3,(H,44,48)(H,45,54)(H,46,47)(H,49,55)/t26-,33-,34-,35-,43+/m0/s1. The molecule has 3 saturated heterocycles. The number of rotatable bonds is 8. The van der Waals surface area contributed by atoms with E-state index in [1.165, 1.54) is 20.0 Å². The van der Waals surface area contributed by atoms with Gasteiger partial charge in [0.25, 0.3) is 0 Å². The molecule has 0 unspecified atom stereocenters. The van der Waals surface area contributed by atoms with Gasteiger partial charge in [-0.05, 0) is 72.4 Å². The quantitative estimate of drug-likeness (QED) is 0.162. The predicted octanol–water partition coefficient (Wildman–Crippen LogP) is 5.83. The minimum atomic E-state index is -0.912. The van der Waals surface area contributed by atoms with Crippen molar-refractivity contribution in [3.63, 3.8) is 0 Å². The highest BCUT2D eigenvalue weighted by molar-refractivity contribution is 5.87. The zero-order valence-corrected chi connectivity index (χ0v) is 33.3. The summed E-state index contributed by atoms with van der Waals surface area (Å²) in [6, 6.07) is 12.4. The predicted molar refractivity (Wildman–Crippen MR) is 211 cm³/mol. The average Bonchev–Trinajstić information content (AvgIpc) is 3.74. The molecule has 5 heterocycles. The van der Waals surface area contributed by atoms with Crippen LogP contribution in [-0.2, 0) is 19.1 Å². The minimum absolute atomic E-state index is 0.0348. The molecule has 2 spiro atoms. The third-order valence-corrected chi connectivity index (χ3v) is 12.4. The van der Waals surface area contributed by atoms with Crippen LogP contribution in [0, 0.1) is 35.0 Å². The van der Waals surface area contributed by atoms with Gasteiger partial charge in [0.05, 0.1) is 55.2 Å². The highest BCUT2D eigenvalue weighted by atomic mass is 16.6. The number of benzene rings is 2. The molecule has 14 nitrogen and oxygen atoms in total. The summed E-state index contributed by atoms with van der Waals surface area (Å²) >= 11 is 0. The molecule has 4 fully saturated rings. The maximum absolute atomic E-state index is 14.0. The van der Waals surface area contributed by atoms with E-state index in [9.17, 15) is 19.2 Å². The first-order valence-electron chi connectivity index (χ1n) is 19.9. The van der Waals surface area contributed by atoms with Crippen molar-refractivity contribution in [1.29, 1.82) is 0 Å². The first-order chi connectivity index (χ1) is 27.3. The van der Waals surface area contributed by atoms with Crippen LogP contribution < -0.4 is 10.6 Å². The van der Waals surface area contributed by atoms with Crippen molar-refractivity contribution in [1.82, 2.24) is 40.4 Å². The summed E-state index contributed by atoms with van der Waals surface area (Å²) in [4.78, 5) is 72.0. The third-order valence-electron chi connectivity index (χ3n) is 12.4. The van der Waals surface area contributed by atoms with Crippen molar-refractivity contribution >= 4 is 35.0 Å². The van der Waals surface area contributed by atoms with Crippen LogP contribution in [-0.4, -0.2) is 92.1 Å². The van der Waals surface area contributed by atoms with Gasteiger partial charge in [-0.1, -0.05) is 58.6 Å². The van der Waals surface area contributed by atoms with Crippen LogP contribution in [0.15, 0.2) is 48.7 Å². The highest BCUT2D eigenvalue weighted by Gasteiger charge is 2.55. The number of hydrogen-bond donors (Lipinski definition) is 4. The van der Waals surface area contributed by atoms with Crippen LogP contribution in [0.25, 0.3) is 22.3 Å². The number of aromatic amines is 2. The van der Waals surface area contributed by atoms with E-state index in [0.29, 0.717) is 12.2 Å². The number of likely N-dealkylation sites (tertiary alicyclic amines) is 2. The van der Waals surface area contributed by atoms with E-state index in [0.717, 1.165) is 52.2 Å². The highest BCUT2D eigenvalue weighted by Crippen LogP contribution is 2.58. The first-order valence-corrected chi connectivity index (χ1v) is 19.9. The second kappa shape index (κ2) is 14.6. The van der Waals surface area contributed by atoms with E-state index in [1.54, 1.807) is 11.1 Å². The Morgan fingerprint density at radius 3 is 2.26 bits per heavy atom. The molecule has 4 amide bonds. The smallest absolute Gasteiger partial charge is 0.407 e. The van der Waals surface area contributed by atoms with Crippen LogP contribution >= 0.6 is 0 Å². The molecule has 57 heavy (non-hydrogen) atoms. The van der Waals surface area contributed by atoms with Gasteiger partial charge in [0.1, 0.15) is 17.7 Å². The Bertz CT molecular complexity index is 2280. The molecular weight excluding hydrogens is 725 g/mol. The molecule has 1 aliphatic carbocycles. The molecule has 3 aliphatic heterocycles. The van der Waals surface area contributed by atoms with Gasteiger partial charge in [0.15, 0.2) is 5.60 Å². The van der Waals surface area contributed by atoms with Gasteiger partial charge < -0.3 is 39.9 Å². The van der Waals surface area contributed by atoms with Crippen molar-refractivity contribution in [2.75, 3.05) is 26.7 Å². The first kappa shape index (κ1) is 38.1. The summed E-state index contributed by atoms with van der Waals surface area (Å²) in [5.74, 6) is 7.87. The average molecular weight is 775 g/mol.